The number of fused-ring (bicyclic) bond motifs is 3. The summed E-state index contributed by atoms with van der Waals surface area (Å²) in [6, 6.07) is 0.528. The highest BCUT2D eigenvalue weighted by Gasteiger charge is 2.63. The minimum atomic E-state index is -2.83. The van der Waals surface area contributed by atoms with Crippen molar-refractivity contribution in [2.45, 2.75) is 24.5 Å². The number of benzene rings is 1. The van der Waals surface area contributed by atoms with Crippen molar-refractivity contribution in [3.05, 3.63) is 57.6 Å². The summed E-state index contributed by atoms with van der Waals surface area (Å²) in [5, 5.41) is 43.5. The Hall–Kier alpha value is -3.64. The number of ketones is 2. The van der Waals surface area contributed by atoms with Crippen LogP contribution in [0.15, 0.2) is 40.9 Å². The van der Waals surface area contributed by atoms with Crippen molar-refractivity contribution in [3.63, 3.8) is 0 Å². The number of rotatable bonds is 3. The first-order valence-corrected chi connectivity index (χ1v) is 10.5. The predicted molar refractivity (Wildman–Crippen MR) is 114 cm³/mol. The number of allylic oxidation sites excluding steroid dienone is 1. The molecular formula is C23H21F3N2O7. The van der Waals surface area contributed by atoms with Gasteiger partial charge in [-0.1, -0.05) is 0 Å². The molecule has 6 N–H and O–H groups in total. The van der Waals surface area contributed by atoms with E-state index in [2.05, 4.69) is 0 Å². The molecule has 0 aromatic heterocycles. The molecule has 186 valence electrons. The topological polar surface area (TPSA) is 161 Å². The standard InChI is InChI=1S/C23H21F3N2O7/c1-28(2)16-10-6-7-5-9-8(15(24)21(25)26)3-4-11(29)13(9)17(30)12(7)19(32)23(10,35)20(33)14(18(16)31)22(27)34/h3-4,7,10,16,29,31-32,35H,5-6H2,1-2H3,(H2,27,34)/t7-,10-,16-,23-/m0/s1. The predicted octanol–water partition coefficient (Wildman–Crippen LogP) is 1.66. The van der Waals surface area contributed by atoms with Crippen LogP contribution in [-0.4, -0.2) is 68.5 Å². The lowest BCUT2D eigenvalue weighted by molar-refractivity contribution is -0.148. The third kappa shape index (κ3) is 3.20. The minimum absolute atomic E-state index is 0.228. The normalized spacial score (nSPS) is 28.0. The second kappa shape index (κ2) is 7.95. The Morgan fingerprint density at radius 3 is 2.31 bits per heavy atom. The summed E-state index contributed by atoms with van der Waals surface area (Å²) >= 11 is 0. The molecule has 4 atom stereocenters. The van der Waals surface area contributed by atoms with Gasteiger partial charge in [-0.2, -0.15) is 8.78 Å². The van der Waals surface area contributed by atoms with Crippen LogP contribution in [-0.2, 0) is 16.0 Å². The molecule has 9 nitrogen and oxygen atoms in total. The molecule has 0 heterocycles. The number of carbonyl (C=O) groups excluding carboxylic acids is 3. The molecule has 0 aliphatic heterocycles. The average molecular weight is 494 g/mol. The number of amides is 1. The van der Waals surface area contributed by atoms with Gasteiger partial charge in [-0.05, 0) is 50.6 Å². The van der Waals surface area contributed by atoms with Gasteiger partial charge in [0.25, 0.3) is 5.91 Å². The molecule has 0 saturated heterocycles. The first-order valence-electron chi connectivity index (χ1n) is 10.5. The molecule has 0 bridgehead atoms. The minimum Gasteiger partial charge on any atom is -0.510 e. The molecule has 12 heteroatoms. The van der Waals surface area contributed by atoms with Crippen molar-refractivity contribution in [3.8, 4) is 5.75 Å². The van der Waals surface area contributed by atoms with Crippen LogP contribution in [0.1, 0.15) is 27.9 Å². The van der Waals surface area contributed by atoms with Crippen molar-refractivity contribution >= 4 is 23.3 Å². The zero-order valence-electron chi connectivity index (χ0n) is 18.5. The largest absolute Gasteiger partial charge is 0.510 e. The molecule has 3 aliphatic carbocycles. The first-order chi connectivity index (χ1) is 16.2. The van der Waals surface area contributed by atoms with Crippen LogP contribution in [0.3, 0.4) is 0 Å². The highest BCUT2D eigenvalue weighted by atomic mass is 19.3. The summed E-state index contributed by atoms with van der Waals surface area (Å²) < 4.78 is 40.3. The number of aromatic hydroxyl groups is 1. The van der Waals surface area contributed by atoms with Crippen LogP contribution >= 0.6 is 0 Å². The van der Waals surface area contributed by atoms with Gasteiger partial charge in [0.15, 0.2) is 17.2 Å². The number of halogens is 3. The fraction of sp³-hybridized carbons (Fsp3) is 0.348. The maximum atomic E-state index is 14.2. The number of likely N-dealkylation sites (N-methyl/N-ethyl adjacent to an activating group) is 1. The summed E-state index contributed by atoms with van der Waals surface area (Å²) in [6.45, 7) is 0. The highest BCUT2D eigenvalue weighted by Crippen LogP contribution is 2.52. The van der Waals surface area contributed by atoms with Gasteiger partial charge in [-0.25, -0.2) is 4.39 Å². The van der Waals surface area contributed by atoms with Crippen LogP contribution in [0.25, 0.3) is 5.83 Å². The molecular weight excluding hydrogens is 473 g/mol. The zero-order valence-corrected chi connectivity index (χ0v) is 18.5. The number of nitrogens with two attached hydrogens (primary N) is 1. The van der Waals surface area contributed by atoms with Crippen molar-refractivity contribution < 1.29 is 48.0 Å². The molecule has 4 rings (SSSR count). The van der Waals surface area contributed by atoms with E-state index in [4.69, 9.17) is 5.73 Å². The van der Waals surface area contributed by atoms with E-state index in [1.54, 1.807) is 0 Å². The molecule has 0 fully saturated rings. The van der Waals surface area contributed by atoms with Crippen LogP contribution in [0.2, 0.25) is 0 Å². The van der Waals surface area contributed by atoms with E-state index in [1.807, 2.05) is 0 Å². The van der Waals surface area contributed by atoms with Crippen molar-refractivity contribution in [2.24, 2.45) is 17.6 Å². The van der Waals surface area contributed by atoms with Crippen LogP contribution < -0.4 is 5.73 Å². The quantitative estimate of drug-likeness (QED) is 0.397. The van der Waals surface area contributed by atoms with Crippen LogP contribution in [0.5, 0.6) is 5.75 Å². The summed E-state index contributed by atoms with van der Waals surface area (Å²) in [6.07, 6.45) is -3.18. The lowest BCUT2D eigenvalue weighted by Crippen LogP contribution is -2.63. The number of carbonyl (C=O) groups is 3. The maximum absolute atomic E-state index is 14.2. The smallest absolute Gasteiger partial charge is 0.306 e. The Morgan fingerprint density at radius 1 is 1.14 bits per heavy atom. The maximum Gasteiger partial charge on any atom is 0.306 e. The summed E-state index contributed by atoms with van der Waals surface area (Å²) in [5.41, 5.74) is -0.404. The molecule has 1 aromatic carbocycles. The molecule has 1 amide bonds. The average Bonchev–Trinajstić information content (AvgIpc) is 2.75. The summed E-state index contributed by atoms with van der Waals surface area (Å²) in [5.74, 6) is -10.6. The molecule has 1 aromatic rings. The Bertz CT molecular complexity index is 1300. The number of aliphatic hydroxyl groups excluding tert-OH is 2. The molecule has 3 aliphatic rings. The third-order valence-electron chi connectivity index (χ3n) is 7.01. The van der Waals surface area contributed by atoms with Crippen molar-refractivity contribution in [1.29, 1.82) is 0 Å². The monoisotopic (exact) mass is 494 g/mol. The number of aliphatic hydroxyl groups is 3. The molecule has 0 spiro atoms. The number of Topliss-reactive ketones (excluding diaryl/α,β-unsaturated/α-hetero) is 2. The Kier molecular flexibility index (Phi) is 5.56. The SMILES string of the molecule is CN(C)[C@@H]1C(O)=C(C(N)=O)C(=O)[C@@]2(O)C(O)=C3C(=O)c4c(O)ccc(C(F)=C(F)F)c4C[C@H]3C[C@@H]12. The fourth-order valence-electron chi connectivity index (χ4n) is 5.56. The Labute approximate surface area is 196 Å². The number of hydrogen-bond donors (Lipinski definition) is 5. The fourth-order valence-corrected chi connectivity index (χ4v) is 5.56. The third-order valence-corrected chi connectivity index (χ3v) is 7.01. The van der Waals surface area contributed by atoms with Gasteiger partial charge in [0, 0.05) is 17.1 Å². The van der Waals surface area contributed by atoms with Gasteiger partial charge in [0.05, 0.1) is 11.6 Å². The lowest BCUT2D eigenvalue weighted by atomic mass is 9.58. The van der Waals surface area contributed by atoms with E-state index in [0.717, 1.165) is 12.1 Å². The Morgan fingerprint density at radius 2 is 1.77 bits per heavy atom. The zero-order chi connectivity index (χ0) is 26.1. The number of nitrogens with zero attached hydrogens (tertiary/aromatic N) is 1. The van der Waals surface area contributed by atoms with Gasteiger partial charge >= 0.3 is 6.08 Å². The van der Waals surface area contributed by atoms with Crippen LogP contribution in [0.4, 0.5) is 13.2 Å². The number of phenols is 1. The Balaban J connectivity index is 1.99. The van der Waals surface area contributed by atoms with Gasteiger partial charge in [-0.3, -0.25) is 19.3 Å². The van der Waals surface area contributed by atoms with E-state index in [9.17, 15) is 48.0 Å². The van der Waals surface area contributed by atoms with Crippen LogP contribution in [0, 0.1) is 11.8 Å². The number of phenolic OH excluding ortho intramolecular Hbond substituents is 1. The van der Waals surface area contributed by atoms with Crippen molar-refractivity contribution in [2.75, 3.05) is 14.1 Å². The molecule has 0 radical (unpaired) electrons. The number of primary amides is 1. The first kappa shape index (κ1) is 24.5. The van der Waals surface area contributed by atoms with Gasteiger partial charge < -0.3 is 26.2 Å². The van der Waals surface area contributed by atoms with Crippen molar-refractivity contribution in [1.82, 2.24) is 4.90 Å². The van der Waals surface area contributed by atoms with E-state index >= 15 is 0 Å². The highest BCUT2D eigenvalue weighted by molar-refractivity contribution is 6.24. The second-order valence-electron chi connectivity index (χ2n) is 9.02. The van der Waals surface area contributed by atoms with Gasteiger partial charge in [0.1, 0.15) is 22.8 Å². The lowest BCUT2D eigenvalue weighted by Gasteiger charge is -2.50. The summed E-state index contributed by atoms with van der Waals surface area (Å²) in [4.78, 5) is 39.8. The van der Waals surface area contributed by atoms with Gasteiger partial charge in [0.2, 0.25) is 5.78 Å². The van der Waals surface area contributed by atoms with E-state index in [0.29, 0.717) is 0 Å². The molecule has 35 heavy (non-hydrogen) atoms. The molecule has 0 saturated carbocycles. The molecule has 0 unspecified atom stereocenters. The summed E-state index contributed by atoms with van der Waals surface area (Å²) in [7, 11) is 2.93. The van der Waals surface area contributed by atoms with Gasteiger partial charge in [-0.15, -0.1) is 0 Å². The van der Waals surface area contributed by atoms with E-state index < -0.39 is 92.4 Å². The van der Waals surface area contributed by atoms with E-state index in [-0.39, 0.29) is 18.4 Å². The van der Waals surface area contributed by atoms with E-state index in [1.165, 1.54) is 19.0 Å². The number of hydrogen-bond acceptors (Lipinski definition) is 8. The second-order valence-corrected chi connectivity index (χ2v) is 9.02.